The fraction of sp³-hybridized carbons (Fsp3) is 0.480. The lowest BCUT2D eigenvalue weighted by molar-refractivity contribution is -0.137. The van der Waals surface area contributed by atoms with Gasteiger partial charge in [0.2, 0.25) is 0 Å². The first-order valence-corrected chi connectivity index (χ1v) is 10.2. The van der Waals surface area contributed by atoms with E-state index in [9.17, 15) is 4.79 Å². The minimum absolute atomic E-state index is 0.0658. The molecule has 158 valence electrons. The Morgan fingerprint density at radius 1 is 1.28 bits per heavy atom. The molecule has 0 fully saturated rings. The minimum Gasteiger partial charge on any atom is -0.463 e. The molecule has 2 rings (SSSR count). The molecule has 4 heteroatoms. The van der Waals surface area contributed by atoms with Gasteiger partial charge in [-0.2, -0.15) is 0 Å². The molecule has 4 nitrogen and oxygen atoms in total. The van der Waals surface area contributed by atoms with Gasteiger partial charge in [-0.3, -0.25) is 0 Å². The Morgan fingerprint density at radius 2 is 2.03 bits per heavy atom. The number of esters is 1. The highest BCUT2D eigenvalue weighted by Gasteiger charge is 2.33. The van der Waals surface area contributed by atoms with Gasteiger partial charge in [-0.05, 0) is 72.9 Å². The summed E-state index contributed by atoms with van der Waals surface area (Å²) in [6.45, 7) is 11.1. The lowest BCUT2D eigenvalue weighted by atomic mass is 9.71. The molecule has 0 N–H and O–H groups in total. The molecule has 1 atom stereocenters. The van der Waals surface area contributed by atoms with E-state index in [1.165, 1.54) is 22.8 Å². The van der Waals surface area contributed by atoms with Gasteiger partial charge in [0.25, 0.3) is 0 Å². The summed E-state index contributed by atoms with van der Waals surface area (Å²) in [7, 11) is 1.65. The Labute approximate surface area is 175 Å². The topological polar surface area (TPSA) is 44.8 Å². The number of methoxy groups -OCH3 is 1. The van der Waals surface area contributed by atoms with Crippen molar-refractivity contribution in [3.63, 3.8) is 0 Å². The van der Waals surface area contributed by atoms with E-state index in [1.807, 2.05) is 19.1 Å². The van der Waals surface area contributed by atoms with Crippen molar-refractivity contribution in [1.29, 1.82) is 0 Å². The maximum Gasteiger partial charge on any atom is 0.330 e. The van der Waals surface area contributed by atoms with Gasteiger partial charge in [0.05, 0.1) is 12.7 Å². The van der Waals surface area contributed by atoms with Crippen molar-refractivity contribution in [2.45, 2.75) is 59.0 Å². The summed E-state index contributed by atoms with van der Waals surface area (Å²) in [5.41, 5.74) is 5.93. The van der Waals surface area contributed by atoms with Gasteiger partial charge in [0, 0.05) is 13.2 Å². The molecule has 0 heterocycles. The normalized spacial score (nSPS) is 19.3. The predicted molar refractivity (Wildman–Crippen MR) is 118 cm³/mol. The number of benzene rings is 1. The Bertz CT molecular complexity index is 799. The Morgan fingerprint density at radius 3 is 2.72 bits per heavy atom. The van der Waals surface area contributed by atoms with Crippen LogP contribution in [0.4, 0.5) is 0 Å². The van der Waals surface area contributed by atoms with Gasteiger partial charge in [0.15, 0.2) is 0 Å². The molecule has 1 unspecified atom stereocenters. The minimum atomic E-state index is -0.310. The second-order valence-electron chi connectivity index (χ2n) is 8.14. The molecule has 29 heavy (non-hydrogen) atoms. The molecule has 0 aromatic heterocycles. The third-order valence-electron chi connectivity index (χ3n) is 5.34. The molecule has 1 aromatic carbocycles. The van der Waals surface area contributed by atoms with Crippen molar-refractivity contribution < 1.29 is 19.0 Å². The number of ether oxygens (including phenoxy) is 3. The SMILES string of the molecule is CCOC(=O)C=C(C)C=CC=C(C)c1ccc2c(c1)C(OCOC)CCC2(C)C. The summed E-state index contributed by atoms with van der Waals surface area (Å²) in [6, 6.07) is 6.66. The highest BCUT2D eigenvalue weighted by molar-refractivity contribution is 5.83. The van der Waals surface area contributed by atoms with Gasteiger partial charge >= 0.3 is 5.97 Å². The molecule has 0 radical (unpaired) electrons. The maximum atomic E-state index is 11.5. The highest BCUT2D eigenvalue weighted by atomic mass is 16.7. The van der Waals surface area contributed by atoms with E-state index in [0.717, 1.165) is 24.0 Å². The summed E-state index contributed by atoms with van der Waals surface area (Å²) in [5.74, 6) is -0.310. The number of fused-ring (bicyclic) bond motifs is 1. The van der Waals surface area contributed by atoms with E-state index in [-0.39, 0.29) is 17.5 Å². The quantitative estimate of drug-likeness (QED) is 0.237. The number of carbonyl (C=O) groups excluding carboxylic acids is 1. The van der Waals surface area contributed by atoms with Crippen LogP contribution in [-0.2, 0) is 24.4 Å². The van der Waals surface area contributed by atoms with Gasteiger partial charge in [0.1, 0.15) is 6.79 Å². The van der Waals surface area contributed by atoms with Crippen LogP contribution in [0.5, 0.6) is 0 Å². The molecule has 1 aliphatic carbocycles. The molecule has 0 saturated carbocycles. The molecule has 0 aliphatic heterocycles. The van der Waals surface area contributed by atoms with Crippen molar-refractivity contribution in [3.05, 3.63) is 64.8 Å². The first-order chi connectivity index (χ1) is 13.8. The van der Waals surface area contributed by atoms with Crippen LogP contribution in [0, 0.1) is 0 Å². The molecule has 1 aliphatic rings. The first kappa shape index (κ1) is 23.1. The van der Waals surface area contributed by atoms with E-state index in [1.54, 1.807) is 14.0 Å². The van der Waals surface area contributed by atoms with E-state index in [2.05, 4.69) is 45.0 Å². The van der Waals surface area contributed by atoms with Crippen LogP contribution in [0.25, 0.3) is 5.57 Å². The Hall–Kier alpha value is -2.17. The highest BCUT2D eigenvalue weighted by Crippen LogP contribution is 2.43. The third kappa shape index (κ3) is 6.41. The van der Waals surface area contributed by atoms with Crippen LogP contribution in [0.2, 0.25) is 0 Å². The molecule has 0 saturated heterocycles. The standard InChI is InChI=1S/C25H34O4/c1-7-28-24(26)15-18(2)9-8-10-19(3)20-11-12-22-21(16-20)23(29-17-27-6)13-14-25(22,4)5/h8-12,15-16,23H,7,13-14,17H2,1-6H3. The molecule has 0 spiro atoms. The van der Waals surface area contributed by atoms with Crippen molar-refractivity contribution >= 4 is 11.5 Å². The predicted octanol–water partition coefficient (Wildman–Crippen LogP) is 5.89. The second kappa shape index (κ2) is 10.6. The van der Waals surface area contributed by atoms with Crippen LogP contribution in [0.3, 0.4) is 0 Å². The molecule has 1 aromatic rings. The van der Waals surface area contributed by atoms with Gasteiger partial charge in [-0.1, -0.05) is 44.2 Å². The summed E-state index contributed by atoms with van der Waals surface area (Å²) < 4.78 is 16.0. The van der Waals surface area contributed by atoms with Crippen LogP contribution in [-0.4, -0.2) is 26.5 Å². The number of rotatable bonds is 8. The lowest BCUT2D eigenvalue weighted by Crippen LogP contribution is -2.27. The summed E-state index contributed by atoms with van der Waals surface area (Å²) in [4.78, 5) is 11.5. The van der Waals surface area contributed by atoms with Gasteiger partial charge in [-0.15, -0.1) is 0 Å². The third-order valence-corrected chi connectivity index (χ3v) is 5.34. The van der Waals surface area contributed by atoms with Crippen LogP contribution in [0.1, 0.15) is 70.3 Å². The summed E-state index contributed by atoms with van der Waals surface area (Å²) in [6.07, 6.45) is 9.58. The average Bonchev–Trinajstić information content (AvgIpc) is 2.67. The lowest BCUT2D eigenvalue weighted by Gasteiger charge is -2.37. The largest absolute Gasteiger partial charge is 0.463 e. The maximum absolute atomic E-state index is 11.5. The first-order valence-electron chi connectivity index (χ1n) is 10.2. The zero-order valence-electron chi connectivity index (χ0n) is 18.6. The van der Waals surface area contributed by atoms with Crippen LogP contribution < -0.4 is 0 Å². The molecular formula is C25H34O4. The van der Waals surface area contributed by atoms with Crippen molar-refractivity contribution in [1.82, 2.24) is 0 Å². The number of carbonyl (C=O) groups is 1. The van der Waals surface area contributed by atoms with E-state index < -0.39 is 0 Å². The van der Waals surface area contributed by atoms with E-state index in [4.69, 9.17) is 14.2 Å². The number of hydrogen-bond donors (Lipinski definition) is 0. The molecule has 0 amide bonds. The summed E-state index contributed by atoms with van der Waals surface area (Å²) >= 11 is 0. The monoisotopic (exact) mass is 398 g/mol. The Kier molecular flexibility index (Phi) is 8.42. The van der Waals surface area contributed by atoms with E-state index >= 15 is 0 Å². The summed E-state index contributed by atoms with van der Waals surface area (Å²) in [5, 5.41) is 0. The fourth-order valence-corrected chi connectivity index (χ4v) is 3.65. The second-order valence-corrected chi connectivity index (χ2v) is 8.14. The van der Waals surface area contributed by atoms with Crippen LogP contribution in [0.15, 0.2) is 48.1 Å². The Balaban J connectivity index is 2.23. The average molecular weight is 399 g/mol. The zero-order chi connectivity index (χ0) is 21.4. The van der Waals surface area contributed by atoms with Crippen molar-refractivity contribution in [3.8, 4) is 0 Å². The molecule has 0 bridgehead atoms. The fourth-order valence-electron chi connectivity index (χ4n) is 3.65. The van der Waals surface area contributed by atoms with Crippen molar-refractivity contribution in [2.24, 2.45) is 0 Å². The van der Waals surface area contributed by atoms with Crippen LogP contribution >= 0.6 is 0 Å². The van der Waals surface area contributed by atoms with Gasteiger partial charge in [-0.25, -0.2) is 4.79 Å². The van der Waals surface area contributed by atoms with Gasteiger partial charge < -0.3 is 14.2 Å². The number of hydrogen-bond acceptors (Lipinski definition) is 4. The molecular weight excluding hydrogens is 364 g/mol. The van der Waals surface area contributed by atoms with E-state index in [0.29, 0.717) is 13.4 Å². The zero-order valence-corrected chi connectivity index (χ0v) is 18.6. The number of allylic oxidation sites excluding steroid dienone is 5. The smallest absolute Gasteiger partial charge is 0.330 e. The van der Waals surface area contributed by atoms with Crippen molar-refractivity contribution in [2.75, 3.05) is 20.5 Å².